The molecule has 272 valence electrons. The van der Waals surface area contributed by atoms with E-state index in [0.717, 1.165) is 17.1 Å². The minimum Gasteiger partial charge on any atom is -0.310 e. The Hall–Kier alpha value is -7.26. The average molecular weight is 756 g/mol. The molecule has 0 bridgehead atoms. The van der Waals surface area contributed by atoms with Gasteiger partial charge in [-0.05, 0) is 109 Å². The Labute approximate surface area is 342 Å². The van der Waals surface area contributed by atoms with E-state index in [9.17, 15) is 0 Å². The average Bonchev–Trinajstić information content (AvgIpc) is 3.69. The summed E-state index contributed by atoms with van der Waals surface area (Å²) in [6.07, 6.45) is 0. The molecule has 1 heterocycles. The molecular weight excluding hydrogens is 719 g/mol. The van der Waals surface area contributed by atoms with Crippen LogP contribution in [-0.4, -0.2) is 0 Å². The van der Waals surface area contributed by atoms with Gasteiger partial charge in [0.2, 0.25) is 0 Å². The topological polar surface area (TPSA) is 3.24 Å². The first-order chi connectivity index (χ1) is 28.7. The largest absolute Gasteiger partial charge is 0.310 e. The standard InChI is InChI=1S/C56H37NS/c1-2-13-44-37-45(28-27-38(44)11-1)41-25-23-39(24-26-41)40-29-33-46(34-30-40)57(47-35-31-43(32-36-47)49-18-9-14-42-12-3-4-15-48(42)49)53-20-7-5-16-50(53)51-19-10-22-55-56(51)52-17-6-8-21-54(52)58-55/h1-37H. The van der Waals surface area contributed by atoms with Gasteiger partial charge >= 0.3 is 0 Å². The fourth-order valence-electron chi connectivity index (χ4n) is 8.62. The third-order valence-electron chi connectivity index (χ3n) is 11.5. The normalized spacial score (nSPS) is 11.4. The Bertz CT molecular complexity index is 3260. The van der Waals surface area contributed by atoms with Crippen LogP contribution in [-0.2, 0) is 0 Å². The van der Waals surface area contributed by atoms with E-state index in [1.807, 2.05) is 11.3 Å². The summed E-state index contributed by atoms with van der Waals surface area (Å²) in [5, 5.41) is 7.64. The molecule has 1 aromatic heterocycles. The van der Waals surface area contributed by atoms with Crippen LogP contribution >= 0.6 is 11.3 Å². The van der Waals surface area contributed by atoms with E-state index in [2.05, 4.69) is 229 Å². The molecule has 0 fully saturated rings. The van der Waals surface area contributed by atoms with Gasteiger partial charge in [0.1, 0.15) is 0 Å². The summed E-state index contributed by atoms with van der Waals surface area (Å²) in [5.41, 5.74) is 13.0. The van der Waals surface area contributed by atoms with Crippen molar-refractivity contribution in [2.24, 2.45) is 0 Å². The predicted molar refractivity (Wildman–Crippen MR) is 251 cm³/mol. The first kappa shape index (κ1) is 34.0. The second-order valence-electron chi connectivity index (χ2n) is 14.9. The van der Waals surface area contributed by atoms with Crippen molar-refractivity contribution in [1.29, 1.82) is 0 Å². The maximum Gasteiger partial charge on any atom is 0.0540 e. The number of hydrogen-bond acceptors (Lipinski definition) is 2. The van der Waals surface area contributed by atoms with Gasteiger partial charge in [-0.3, -0.25) is 0 Å². The summed E-state index contributed by atoms with van der Waals surface area (Å²) in [7, 11) is 0. The fourth-order valence-corrected chi connectivity index (χ4v) is 9.75. The number of thiophene rings is 1. The molecule has 0 radical (unpaired) electrons. The van der Waals surface area contributed by atoms with Crippen LogP contribution in [0.2, 0.25) is 0 Å². The second-order valence-corrected chi connectivity index (χ2v) is 16.0. The Kier molecular flexibility index (Phi) is 8.42. The SMILES string of the molecule is c1ccc(N(c2ccc(-c3ccc(-c4ccc5ccccc5c4)cc3)cc2)c2ccc(-c3cccc4ccccc34)cc2)c(-c2cccc3sc4ccccc4c23)c1. The van der Waals surface area contributed by atoms with Gasteiger partial charge in [-0.25, -0.2) is 0 Å². The first-order valence-electron chi connectivity index (χ1n) is 19.8. The maximum atomic E-state index is 2.42. The zero-order valence-electron chi connectivity index (χ0n) is 31.7. The molecule has 0 aliphatic rings. The molecule has 0 saturated heterocycles. The highest BCUT2D eigenvalue weighted by Crippen LogP contribution is 2.46. The van der Waals surface area contributed by atoms with Crippen LogP contribution in [0, 0.1) is 0 Å². The van der Waals surface area contributed by atoms with Crippen molar-refractivity contribution >= 4 is 70.1 Å². The number of anilines is 3. The molecule has 10 aromatic carbocycles. The van der Waals surface area contributed by atoms with E-state index in [-0.39, 0.29) is 0 Å². The van der Waals surface area contributed by atoms with Gasteiger partial charge in [-0.15, -0.1) is 11.3 Å². The van der Waals surface area contributed by atoms with E-state index >= 15 is 0 Å². The zero-order valence-corrected chi connectivity index (χ0v) is 32.5. The molecule has 2 heteroatoms. The number of para-hydroxylation sites is 1. The molecule has 0 atom stereocenters. The maximum absolute atomic E-state index is 2.42. The van der Waals surface area contributed by atoms with Gasteiger partial charge in [-0.1, -0.05) is 176 Å². The van der Waals surface area contributed by atoms with Crippen LogP contribution in [0.25, 0.3) is 86.2 Å². The van der Waals surface area contributed by atoms with Crippen molar-refractivity contribution in [3.05, 3.63) is 224 Å². The summed E-state index contributed by atoms with van der Waals surface area (Å²) >= 11 is 1.86. The van der Waals surface area contributed by atoms with E-state index in [1.54, 1.807) is 0 Å². The Balaban J connectivity index is 1.01. The summed E-state index contributed by atoms with van der Waals surface area (Å²) in [6, 6.07) is 81.9. The Morgan fingerprint density at radius 1 is 0.293 bits per heavy atom. The summed E-state index contributed by atoms with van der Waals surface area (Å²) < 4.78 is 2.61. The lowest BCUT2D eigenvalue weighted by Crippen LogP contribution is -2.11. The van der Waals surface area contributed by atoms with Gasteiger partial charge in [-0.2, -0.15) is 0 Å². The Morgan fingerprint density at radius 2 is 0.793 bits per heavy atom. The third kappa shape index (κ3) is 6.03. The number of benzene rings is 10. The third-order valence-corrected chi connectivity index (χ3v) is 12.6. The van der Waals surface area contributed by atoms with Crippen LogP contribution in [0.15, 0.2) is 224 Å². The van der Waals surface area contributed by atoms with Crippen molar-refractivity contribution in [3.63, 3.8) is 0 Å². The molecule has 0 spiro atoms. The zero-order chi connectivity index (χ0) is 38.4. The second kappa shape index (κ2) is 14.4. The Morgan fingerprint density at radius 3 is 1.57 bits per heavy atom. The number of nitrogens with zero attached hydrogens (tertiary/aromatic N) is 1. The van der Waals surface area contributed by atoms with Crippen molar-refractivity contribution in [3.8, 4) is 44.5 Å². The van der Waals surface area contributed by atoms with E-state index in [0.29, 0.717) is 0 Å². The molecule has 1 nitrogen and oxygen atoms in total. The van der Waals surface area contributed by atoms with Gasteiger partial charge in [0, 0.05) is 37.1 Å². The van der Waals surface area contributed by atoms with E-state index in [1.165, 1.54) is 86.2 Å². The van der Waals surface area contributed by atoms with Crippen LogP contribution in [0.3, 0.4) is 0 Å². The van der Waals surface area contributed by atoms with Crippen LogP contribution in [0.4, 0.5) is 17.1 Å². The summed E-state index contributed by atoms with van der Waals surface area (Å²) in [4.78, 5) is 2.42. The van der Waals surface area contributed by atoms with Gasteiger partial charge in [0.05, 0.1) is 5.69 Å². The van der Waals surface area contributed by atoms with Crippen molar-refractivity contribution in [2.75, 3.05) is 4.90 Å². The molecule has 0 unspecified atom stereocenters. The first-order valence-corrected chi connectivity index (χ1v) is 20.6. The highest BCUT2D eigenvalue weighted by Gasteiger charge is 2.20. The highest BCUT2D eigenvalue weighted by atomic mass is 32.1. The quantitative estimate of drug-likeness (QED) is 0.157. The fraction of sp³-hybridized carbons (Fsp3) is 0. The summed E-state index contributed by atoms with van der Waals surface area (Å²) in [5.74, 6) is 0. The lowest BCUT2D eigenvalue weighted by Gasteiger charge is -2.28. The summed E-state index contributed by atoms with van der Waals surface area (Å²) in [6.45, 7) is 0. The molecule has 58 heavy (non-hydrogen) atoms. The monoisotopic (exact) mass is 755 g/mol. The molecule has 0 aliphatic carbocycles. The number of hydrogen-bond donors (Lipinski definition) is 0. The molecule has 0 N–H and O–H groups in total. The van der Waals surface area contributed by atoms with Gasteiger partial charge in [0.15, 0.2) is 0 Å². The minimum absolute atomic E-state index is 1.10. The lowest BCUT2D eigenvalue weighted by molar-refractivity contribution is 1.28. The molecule has 0 aliphatic heterocycles. The number of fused-ring (bicyclic) bond motifs is 5. The van der Waals surface area contributed by atoms with Crippen LogP contribution in [0.1, 0.15) is 0 Å². The van der Waals surface area contributed by atoms with Crippen LogP contribution < -0.4 is 4.90 Å². The van der Waals surface area contributed by atoms with E-state index < -0.39 is 0 Å². The van der Waals surface area contributed by atoms with Crippen molar-refractivity contribution in [2.45, 2.75) is 0 Å². The molecular formula is C56H37NS. The van der Waals surface area contributed by atoms with Gasteiger partial charge in [0.25, 0.3) is 0 Å². The molecule has 11 aromatic rings. The smallest absolute Gasteiger partial charge is 0.0540 e. The molecule has 0 amide bonds. The number of rotatable bonds is 7. The van der Waals surface area contributed by atoms with Crippen LogP contribution in [0.5, 0.6) is 0 Å². The highest BCUT2D eigenvalue weighted by molar-refractivity contribution is 7.25. The predicted octanol–water partition coefficient (Wildman–Crippen LogP) is 16.5. The van der Waals surface area contributed by atoms with Gasteiger partial charge < -0.3 is 4.90 Å². The van der Waals surface area contributed by atoms with Crippen molar-refractivity contribution < 1.29 is 0 Å². The molecule has 11 rings (SSSR count). The lowest BCUT2D eigenvalue weighted by atomic mass is 9.96. The minimum atomic E-state index is 1.10. The molecule has 0 saturated carbocycles. The van der Waals surface area contributed by atoms with Crippen molar-refractivity contribution in [1.82, 2.24) is 0 Å². The van der Waals surface area contributed by atoms with E-state index in [4.69, 9.17) is 0 Å².